The molecule has 156 valence electrons. The van der Waals surface area contributed by atoms with Crippen molar-refractivity contribution < 1.29 is 0 Å². The SMILES string of the molecule is Cc1cccc(-n2c(C)cc([C@@H]3[C@@H](c4ccccn4)NC(=S)N3CC(C)C)c2C)c1. The largest absolute Gasteiger partial charge is 0.352 e. The maximum absolute atomic E-state index is 5.79. The lowest BCUT2D eigenvalue weighted by Crippen LogP contribution is -2.33. The molecule has 0 spiro atoms. The number of rotatable bonds is 5. The van der Waals surface area contributed by atoms with Crippen LogP contribution in [-0.2, 0) is 0 Å². The molecule has 1 aliphatic rings. The van der Waals surface area contributed by atoms with Crippen molar-refractivity contribution in [3.05, 3.63) is 82.9 Å². The number of benzene rings is 1. The fourth-order valence-electron chi connectivity index (χ4n) is 4.59. The molecule has 1 aromatic carbocycles. The average molecular weight is 419 g/mol. The van der Waals surface area contributed by atoms with Crippen LogP contribution in [0.25, 0.3) is 5.69 Å². The molecule has 3 heterocycles. The second kappa shape index (κ2) is 8.23. The van der Waals surface area contributed by atoms with Crippen molar-refractivity contribution in [3.8, 4) is 5.69 Å². The van der Waals surface area contributed by atoms with E-state index >= 15 is 0 Å². The Bertz CT molecular complexity index is 1050. The molecule has 5 heteroatoms. The molecule has 0 bridgehead atoms. The number of aryl methyl sites for hydroxylation is 2. The van der Waals surface area contributed by atoms with Crippen molar-refractivity contribution in [2.45, 2.75) is 46.7 Å². The van der Waals surface area contributed by atoms with Gasteiger partial charge in [-0.25, -0.2) is 0 Å². The fraction of sp³-hybridized carbons (Fsp3) is 0.360. The maximum atomic E-state index is 5.79. The average Bonchev–Trinajstić information content (AvgIpc) is 3.18. The summed E-state index contributed by atoms with van der Waals surface area (Å²) >= 11 is 5.79. The van der Waals surface area contributed by atoms with E-state index in [2.05, 4.69) is 90.8 Å². The third-order valence-corrected chi connectivity index (χ3v) is 6.16. The van der Waals surface area contributed by atoms with Gasteiger partial charge in [-0.3, -0.25) is 4.98 Å². The molecule has 0 saturated carbocycles. The zero-order chi connectivity index (χ0) is 21.4. The molecule has 2 atom stereocenters. The molecule has 3 aromatic rings. The summed E-state index contributed by atoms with van der Waals surface area (Å²) in [6.07, 6.45) is 1.86. The summed E-state index contributed by atoms with van der Waals surface area (Å²) in [5.74, 6) is 0.509. The predicted molar refractivity (Wildman–Crippen MR) is 127 cm³/mol. The molecule has 0 unspecified atom stereocenters. The normalized spacial score (nSPS) is 18.9. The van der Waals surface area contributed by atoms with Gasteiger partial charge in [0, 0.05) is 29.8 Å². The van der Waals surface area contributed by atoms with Gasteiger partial charge in [0.2, 0.25) is 0 Å². The van der Waals surface area contributed by atoms with Gasteiger partial charge < -0.3 is 14.8 Å². The third kappa shape index (κ3) is 3.74. The highest BCUT2D eigenvalue weighted by molar-refractivity contribution is 7.80. The predicted octanol–water partition coefficient (Wildman–Crippen LogP) is 5.43. The molecule has 4 nitrogen and oxygen atoms in total. The van der Waals surface area contributed by atoms with Gasteiger partial charge in [-0.1, -0.05) is 32.0 Å². The van der Waals surface area contributed by atoms with Crippen LogP contribution in [0.2, 0.25) is 0 Å². The summed E-state index contributed by atoms with van der Waals surface area (Å²) in [6.45, 7) is 11.9. The number of pyridine rings is 1. The molecule has 1 N–H and O–H groups in total. The van der Waals surface area contributed by atoms with Crippen LogP contribution >= 0.6 is 12.2 Å². The van der Waals surface area contributed by atoms with Gasteiger partial charge in [-0.15, -0.1) is 0 Å². The van der Waals surface area contributed by atoms with E-state index in [-0.39, 0.29) is 12.1 Å². The van der Waals surface area contributed by atoms with Gasteiger partial charge in [0.05, 0.1) is 17.8 Å². The first kappa shape index (κ1) is 20.6. The minimum atomic E-state index is 0.0314. The standard InChI is InChI=1S/C25H30N4S/c1-16(2)15-28-24(23(27-25(28)30)22-11-6-7-12-26-22)21-14-18(4)29(19(21)5)20-10-8-9-17(3)13-20/h6-14,16,23-24H,15H2,1-5H3,(H,27,30)/t23-,24-/m1/s1. The molecule has 1 aliphatic heterocycles. The van der Waals surface area contributed by atoms with Crippen molar-refractivity contribution in [3.63, 3.8) is 0 Å². The fourth-order valence-corrected chi connectivity index (χ4v) is 4.90. The number of hydrogen-bond donors (Lipinski definition) is 1. The number of nitrogens with one attached hydrogen (secondary N) is 1. The lowest BCUT2D eigenvalue weighted by Gasteiger charge is -2.29. The van der Waals surface area contributed by atoms with Gasteiger partial charge in [0.1, 0.15) is 0 Å². The van der Waals surface area contributed by atoms with Gasteiger partial charge in [-0.2, -0.15) is 0 Å². The second-order valence-electron chi connectivity index (χ2n) is 8.67. The minimum absolute atomic E-state index is 0.0314. The van der Waals surface area contributed by atoms with Crippen LogP contribution in [0.1, 0.15) is 54.1 Å². The summed E-state index contributed by atoms with van der Waals surface area (Å²) < 4.78 is 2.35. The van der Waals surface area contributed by atoms with Crippen LogP contribution < -0.4 is 5.32 Å². The van der Waals surface area contributed by atoms with Crippen LogP contribution in [0.3, 0.4) is 0 Å². The highest BCUT2D eigenvalue weighted by Gasteiger charge is 2.41. The van der Waals surface area contributed by atoms with Crippen LogP contribution in [0.4, 0.5) is 0 Å². The zero-order valence-corrected chi connectivity index (χ0v) is 19.2. The third-order valence-electron chi connectivity index (χ3n) is 5.81. The van der Waals surface area contributed by atoms with Crippen LogP contribution in [0.5, 0.6) is 0 Å². The molecular weight excluding hydrogens is 388 g/mol. The van der Waals surface area contributed by atoms with Crippen LogP contribution in [0, 0.1) is 26.7 Å². The van der Waals surface area contributed by atoms with Crippen molar-refractivity contribution in [1.82, 2.24) is 19.8 Å². The molecule has 0 aliphatic carbocycles. The number of hydrogen-bond acceptors (Lipinski definition) is 2. The molecule has 2 aromatic heterocycles. The molecule has 0 amide bonds. The van der Waals surface area contributed by atoms with E-state index in [1.54, 1.807) is 0 Å². The lowest BCUT2D eigenvalue weighted by molar-refractivity contribution is 0.287. The Morgan fingerprint density at radius 3 is 2.53 bits per heavy atom. The summed E-state index contributed by atoms with van der Waals surface area (Å²) in [7, 11) is 0. The van der Waals surface area contributed by atoms with Gasteiger partial charge >= 0.3 is 0 Å². The van der Waals surface area contributed by atoms with Crippen molar-refractivity contribution in [1.29, 1.82) is 0 Å². The summed E-state index contributed by atoms with van der Waals surface area (Å²) in [5, 5.41) is 4.37. The first-order valence-electron chi connectivity index (χ1n) is 10.6. The van der Waals surface area contributed by atoms with Crippen molar-refractivity contribution in [2.24, 2.45) is 5.92 Å². The maximum Gasteiger partial charge on any atom is 0.170 e. The highest BCUT2D eigenvalue weighted by atomic mass is 32.1. The molecule has 1 fully saturated rings. The van der Waals surface area contributed by atoms with E-state index in [9.17, 15) is 0 Å². The molecule has 1 saturated heterocycles. The number of aromatic nitrogens is 2. The molecule has 30 heavy (non-hydrogen) atoms. The first-order valence-corrected chi connectivity index (χ1v) is 11.0. The summed E-state index contributed by atoms with van der Waals surface area (Å²) in [4.78, 5) is 7.01. The second-order valence-corrected chi connectivity index (χ2v) is 9.06. The van der Waals surface area contributed by atoms with E-state index in [1.165, 1.54) is 28.2 Å². The quantitative estimate of drug-likeness (QED) is 0.561. The van der Waals surface area contributed by atoms with Crippen molar-refractivity contribution >= 4 is 17.3 Å². The van der Waals surface area contributed by atoms with Gasteiger partial charge in [-0.05, 0) is 80.4 Å². The lowest BCUT2D eigenvalue weighted by atomic mass is 9.96. The van der Waals surface area contributed by atoms with Crippen LogP contribution in [0.15, 0.2) is 54.7 Å². The summed E-state index contributed by atoms with van der Waals surface area (Å²) in [6, 6.07) is 17.2. The first-order chi connectivity index (χ1) is 14.4. The van der Waals surface area contributed by atoms with Crippen molar-refractivity contribution in [2.75, 3.05) is 6.54 Å². The number of thiocarbonyl (C=S) groups is 1. The minimum Gasteiger partial charge on any atom is -0.352 e. The van der Waals surface area contributed by atoms with E-state index in [1.807, 2.05) is 18.3 Å². The Labute approximate surface area is 184 Å². The van der Waals surface area contributed by atoms with E-state index in [4.69, 9.17) is 12.2 Å². The monoisotopic (exact) mass is 418 g/mol. The Morgan fingerprint density at radius 2 is 1.87 bits per heavy atom. The molecular formula is C25H30N4S. The van der Waals surface area contributed by atoms with E-state index in [0.29, 0.717) is 5.92 Å². The summed E-state index contributed by atoms with van der Waals surface area (Å²) in [5.41, 5.74) is 7.28. The Kier molecular flexibility index (Phi) is 5.65. The van der Waals surface area contributed by atoms with Gasteiger partial charge in [0.15, 0.2) is 5.11 Å². The zero-order valence-electron chi connectivity index (χ0n) is 18.4. The Balaban J connectivity index is 1.84. The Hall–Kier alpha value is -2.66. The Morgan fingerprint density at radius 1 is 1.07 bits per heavy atom. The molecule has 4 rings (SSSR count). The van der Waals surface area contributed by atoms with E-state index < -0.39 is 0 Å². The molecule has 0 radical (unpaired) electrons. The topological polar surface area (TPSA) is 33.1 Å². The number of nitrogens with zero attached hydrogens (tertiary/aromatic N) is 3. The highest BCUT2D eigenvalue weighted by Crippen LogP contribution is 2.41. The smallest absolute Gasteiger partial charge is 0.170 e. The van der Waals surface area contributed by atoms with Crippen LogP contribution in [-0.4, -0.2) is 26.1 Å². The van der Waals surface area contributed by atoms with E-state index in [0.717, 1.165) is 17.4 Å². The van der Waals surface area contributed by atoms with Gasteiger partial charge in [0.25, 0.3) is 0 Å².